The van der Waals surface area contributed by atoms with Gasteiger partial charge in [-0.15, -0.1) is 0 Å². The minimum absolute atomic E-state index is 0.000000000000000444. The third-order valence-electron chi connectivity index (χ3n) is 2.33. The van der Waals surface area contributed by atoms with E-state index in [1.165, 1.54) is 6.20 Å². The third-order valence-corrected chi connectivity index (χ3v) is 2.33. The monoisotopic (exact) mass is 202 g/mol. The largest absolute Gasteiger partial charge is 0.418 e. The topological polar surface area (TPSA) is 39.6 Å². The molecule has 1 saturated carbocycles. The van der Waals surface area contributed by atoms with Crippen molar-refractivity contribution in [2.45, 2.75) is 19.0 Å². The van der Waals surface area contributed by atoms with E-state index in [-0.39, 0.29) is 17.2 Å². The first-order valence-electron chi connectivity index (χ1n) is 4.33. The van der Waals surface area contributed by atoms with E-state index in [1.54, 1.807) is 0 Å². The van der Waals surface area contributed by atoms with Crippen LogP contribution in [0.2, 0.25) is 0 Å². The molecular weight excluding hydrogens is 193 g/mol. The van der Waals surface area contributed by atoms with Crippen LogP contribution < -0.4 is 0 Å². The second kappa shape index (κ2) is 2.87. The van der Waals surface area contributed by atoms with Crippen molar-refractivity contribution in [2.24, 2.45) is 5.92 Å². The van der Waals surface area contributed by atoms with Crippen LogP contribution in [0.5, 0.6) is 0 Å². The Balaban J connectivity index is 2.33. The van der Waals surface area contributed by atoms with E-state index >= 15 is 0 Å². The van der Waals surface area contributed by atoms with Gasteiger partial charge in [0.15, 0.2) is 0 Å². The Kier molecular flexibility index (Phi) is 1.90. The molecule has 0 radical (unpaired) electrons. The fourth-order valence-corrected chi connectivity index (χ4v) is 1.41. The van der Waals surface area contributed by atoms with Crippen LogP contribution in [0.4, 0.5) is 13.2 Å². The molecule has 5 heteroatoms. The Labute approximate surface area is 78.6 Å². The summed E-state index contributed by atoms with van der Waals surface area (Å²) in [6, 6.07) is 0. The van der Waals surface area contributed by atoms with Crippen molar-refractivity contribution < 1.29 is 13.2 Å². The van der Waals surface area contributed by atoms with Crippen LogP contribution in [0.1, 0.15) is 24.0 Å². The highest BCUT2D eigenvalue weighted by Crippen LogP contribution is 2.37. The summed E-state index contributed by atoms with van der Waals surface area (Å²) >= 11 is 0. The molecule has 0 saturated heterocycles. The molecule has 0 amide bonds. The van der Waals surface area contributed by atoms with Crippen molar-refractivity contribution in [3.05, 3.63) is 23.5 Å². The van der Waals surface area contributed by atoms with Crippen molar-refractivity contribution >= 4 is 5.71 Å². The van der Waals surface area contributed by atoms with Gasteiger partial charge in [0, 0.05) is 29.6 Å². The molecule has 76 valence electrons. The fraction of sp³-hybridized carbons (Fsp3) is 0.444. The van der Waals surface area contributed by atoms with Gasteiger partial charge in [-0.25, -0.2) is 0 Å². The minimum Gasteiger partial charge on any atom is -0.366 e. The average Bonchev–Trinajstić information content (AvgIpc) is 2.78. The van der Waals surface area contributed by atoms with Crippen molar-refractivity contribution in [1.29, 1.82) is 5.41 Å². The maximum atomic E-state index is 12.4. The predicted molar refractivity (Wildman–Crippen MR) is 45.3 cm³/mol. The lowest BCUT2D eigenvalue weighted by Gasteiger charge is -2.07. The lowest BCUT2D eigenvalue weighted by atomic mass is 10.1. The maximum absolute atomic E-state index is 12.4. The first kappa shape index (κ1) is 9.30. The van der Waals surface area contributed by atoms with Gasteiger partial charge in [-0.3, -0.25) is 0 Å². The smallest absolute Gasteiger partial charge is 0.366 e. The van der Waals surface area contributed by atoms with Crippen LogP contribution in [-0.4, -0.2) is 10.7 Å². The fourth-order valence-electron chi connectivity index (χ4n) is 1.41. The number of aromatic amines is 1. The molecular formula is C9H9F3N2. The molecule has 1 aromatic rings. The highest BCUT2D eigenvalue weighted by Gasteiger charge is 2.38. The van der Waals surface area contributed by atoms with Gasteiger partial charge in [-0.2, -0.15) is 13.2 Å². The summed E-state index contributed by atoms with van der Waals surface area (Å²) in [5.41, 5.74) is -0.618. The SMILES string of the molecule is N=C(c1c[nH]cc1C(F)(F)F)C1CC1. The number of hydrogen-bond donors (Lipinski definition) is 2. The van der Waals surface area contributed by atoms with Gasteiger partial charge in [0.1, 0.15) is 0 Å². The zero-order chi connectivity index (χ0) is 10.3. The Bertz CT molecular complexity index is 360. The molecule has 0 spiro atoms. The molecule has 1 heterocycles. The van der Waals surface area contributed by atoms with Gasteiger partial charge in [0.2, 0.25) is 0 Å². The molecule has 1 aromatic heterocycles. The molecule has 0 bridgehead atoms. The molecule has 0 aromatic carbocycles. The van der Waals surface area contributed by atoms with Crippen LogP contribution in [0.25, 0.3) is 0 Å². The number of nitrogens with one attached hydrogen (secondary N) is 2. The van der Waals surface area contributed by atoms with Crippen LogP contribution >= 0.6 is 0 Å². The van der Waals surface area contributed by atoms with E-state index in [1.807, 2.05) is 0 Å². The number of aromatic nitrogens is 1. The van der Waals surface area contributed by atoms with Crippen molar-refractivity contribution in [3.63, 3.8) is 0 Å². The Hall–Kier alpha value is -1.26. The Morgan fingerprint density at radius 2 is 2.00 bits per heavy atom. The molecule has 1 aliphatic carbocycles. The summed E-state index contributed by atoms with van der Waals surface area (Å²) in [4.78, 5) is 2.41. The Morgan fingerprint density at radius 1 is 1.36 bits per heavy atom. The summed E-state index contributed by atoms with van der Waals surface area (Å²) in [5, 5.41) is 7.56. The maximum Gasteiger partial charge on any atom is 0.418 e. The number of H-pyrrole nitrogens is 1. The molecule has 0 aliphatic heterocycles. The van der Waals surface area contributed by atoms with Gasteiger partial charge in [0.05, 0.1) is 5.56 Å². The second-order valence-electron chi connectivity index (χ2n) is 3.47. The average molecular weight is 202 g/mol. The number of rotatable bonds is 2. The normalized spacial score (nSPS) is 17.1. The van der Waals surface area contributed by atoms with E-state index < -0.39 is 11.7 Å². The van der Waals surface area contributed by atoms with E-state index in [9.17, 15) is 13.2 Å². The van der Waals surface area contributed by atoms with Crippen molar-refractivity contribution in [2.75, 3.05) is 0 Å². The number of alkyl halides is 3. The zero-order valence-corrected chi connectivity index (χ0v) is 7.28. The molecule has 14 heavy (non-hydrogen) atoms. The predicted octanol–water partition coefficient (Wildman–Crippen LogP) is 2.81. The zero-order valence-electron chi connectivity index (χ0n) is 7.28. The van der Waals surface area contributed by atoms with Crippen LogP contribution in [0.15, 0.2) is 12.4 Å². The summed E-state index contributed by atoms with van der Waals surface area (Å²) in [6.07, 6.45) is -0.533. The number of halogens is 3. The summed E-state index contributed by atoms with van der Waals surface area (Å²) in [5.74, 6) is 0.0342. The highest BCUT2D eigenvalue weighted by molar-refractivity contribution is 6.02. The van der Waals surface area contributed by atoms with Gasteiger partial charge >= 0.3 is 6.18 Å². The molecule has 2 N–H and O–H groups in total. The lowest BCUT2D eigenvalue weighted by Crippen LogP contribution is -2.11. The van der Waals surface area contributed by atoms with E-state index in [4.69, 9.17) is 5.41 Å². The second-order valence-corrected chi connectivity index (χ2v) is 3.47. The first-order valence-corrected chi connectivity index (χ1v) is 4.33. The molecule has 1 aliphatic rings. The molecule has 2 nitrogen and oxygen atoms in total. The minimum atomic E-state index is -4.36. The van der Waals surface area contributed by atoms with Gasteiger partial charge in [-0.1, -0.05) is 0 Å². The molecule has 0 unspecified atom stereocenters. The highest BCUT2D eigenvalue weighted by atomic mass is 19.4. The summed E-state index contributed by atoms with van der Waals surface area (Å²) in [7, 11) is 0. The van der Waals surface area contributed by atoms with Crippen molar-refractivity contribution in [3.8, 4) is 0 Å². The standard InChI is InChI=1S/C9H9F3N2/c10-9(11,12)7-4-14-3-6(7)8(13)5-1-2-5/h3-5,13-14H,1-2H2. The number of hydrogen-bond acceptors (Lipinski definition) is 1. The molecule has 1 fully saturated rings. The van der Waals surface area contributed by atoms with Gasteiger partial charge in [-0.05, 0) is 12.8 Å². The van der Waals surface area contributed by atoms with E-state index in [0.29, 0.717) is 0 Å². The van der Waals surface area contributed by atoms with Crippen LogP contribution in [0, 0.1) is 11.3 Å². The molecule has 0 atom stereocenters. The Morgan fingerprint density at radius 3 is 2.50 bits per heavy atom. The first-order chi connectivity index (χ1) is 6.50. The van der Waals surface area contributed by atoms with Gasteiger partial charge < -0.3 is 10.4 Å². The van der Waals surface area contributed by atoms with E-state index in [0.717, 1.165) is 19.0 Å². The van der Waals surface area contributed by atoms with Gasteiger partial charge in [0.25, 0.3) is 0 Å². The summed E-state index contributed by atoms with van der Waals surface area (Å²) < 4.78 is 37.2. The third kappa shape index (κ3) is 1.54. The van der Waals surface area contributed by atoms with Crippen molar-refractivity contribution in [1.82, 2.24) is 4.98 Å². The lowest BCUT2D eigenvalue weighted by molar-refractivity contribution is -0.137. The van der Waals surface area contributed by atoms with Crippen LogP contribution in [0.3, 0.4) is 0 Å². The molecule has 2 rings (SSSR count). The van der Waals surface area contributed by atoms with E-state index in [2.05, 4.69) is 4.98 Å². The van der Waals surface area contributed by atoms with Crippen LogP contribution in [-0.2, 0) is 6.18 Å². The summed E-state index contributed by atoms with van der Waals surface area (Å²) in [6.45, 7) is 0. The quantitative estimate of drug-likeness (QED) is 0.692.